The van der Waals surface area contributed by atoms with Crippen LogP contribution in [0.15, 0.2) is 60.7 Å². The van der Waals surface area contributed by atoms with Crippen LogP contribution >= 0.6 is 12.2 Å². The summed E-state index contributed by atoms with van der Waals surface area (Å²) in [5.41, 5.74) is 5.34. The van der Waals surface area contributed by atoms with Gasteiger partial charge in [-0.05, 0) is 71.4 Å². The van der Waals surface area contributed by atoms with E-state index >= 15 is 0 Å². The normalized spacial score (nSPS) is 17.9. The summed E-state index contributed by atoms with van der Waals surface area (Å²) in [5.74, 6) is 0. The van der Waals surface area contributed by atoms with Gasteiger partial charge >= 0.3 is 0 Å². The van der Waals surface area contributed by atoms with Crippen molar-refractivity contribution in [3.05, 3.63) is 77.4 Å². The molecule has 1 atom stereocenters. The van der Waals surface area contributed by atoms with Crippen LogP contribution in [-0.4, -0.2) is 17.2 Å². The molecule has 2 aliphatic rings. The van der Waals surface area contributed by atoms with Gasteiger partial charge in [-0.15, -0.1) is 0 Å². The molecule has 0 radical (unpaired) electrons. The highest BCUT2D eigenvalue weighted by Crippen LogP contribution is 2.35. The Kier molecular flexibility index (Phi) is 4.65. The van der Waals surface area contributed by atoms with Gasteiger partial charge in [-0.1, -0.05) is 54.6 Å². The van der Waals surface area contributed by atoms with Gasteiger partial charge in [0.15, 0.2) is 5.11 Å². The number of hydrogen-bond acceptors (Lipinski definition) is 2. The Morgan fingerprint density at radius 2 is 1.68 bits per heavy atom. The molecule has 0 aliphatic heterocycles. The highest BCUT2D eigenvalue weighted by atomic mass is 32.1. The van der Waals surface area contributed by atoms with E-state index in [-0.39, 0.29) is 0 Å². The minimum Gasteiger partial charge on any atom is -0.381 e. The van der Waals surface area contributed by atoms with Gasteiger partial charge in [-0.25, -0.2) is 0 Å². The van der Waals surface area contributed by atoms with Crippen LogP contribution in [0.25, 0.3) is 10.8 Å². The van der Waals surface area contributed by atoms with E-state index in [2.05, 4.69) is 76.6 Å². The van der Waals surface area contributed by atoms with E-state index in [9.17, 15) is 0 Å². The van der Waals surface area contributed by atoms with Gasteiger partial charge in [0.25, 0.3) is 0 Å². The van der Waals surface area contributed by atoms with Gasteiger partial charge < -0.3 is 16.0 Å². The standard InChI is InChI=1S/C24H25N3S/c28-24(26-19-10-11-19)27-20-13-18-8-4-7-17-9-12-22(21(14-20)23(17)18)25-15-16-5-2-1-3-6-16/h1-9,12,19-20,25H,10-11,13-15H2,(H2,26,27,28). The molecule has 0 amide bonds. The highest BCUT2D eigenvalue weighted by Gasteiger charge is 2.26. The first-order valence-corrected chi connectivity index (χ1v) is 10.6. The maximum atomic E-state index is 5.54. The lowest BCUT2D eigenvalue weighted by Crippen LogP contribution is -2.45. The fourth-order valence-corrected chi connectivity index (χ4v) is 4.54. The van der Waals surface area contributed by atoms with Crippen LogP contribution in [0.1, 0.15) is 29.5 Å². The van der Waals surface area contributed by atoms with Crippen LogP contribution < -0.4 is 16.0 Å². The third-order valence-electron chi connectivity index (χ3n) is 5.73. The smallest absolute Gasteiger partial charge is 0.166 e. The molecule has 3 aromatic rings. The maximum Gasteiger partial charge on any atom is 0.166 e. The predicted octanol–water partition coefficient (Wildman–Crippen LogP) is 4.55. The first-order chi connectivity index (χ1) is 13.8. The van der Waals surface area contributed by atoms with Crippen molar-refractivity contribution < 1.29 is 0 Å². The van der Waals surface area contributed by atoms with Crippen molar-refractivity contribution in [1.82, 2.24) is 10.6 Å². The molecule has 0 bridgehead atoms. The average molecular weight is 388 g/mol. The predicted molar refractivity (Wildman–Crippen MR) is 121 cm³/mol. The number of benzene rings is 3. The molecule has 28 heavy (non-hydrogen) atoms. The van der Waals surface area contributed by atoms with E-state index < -0.39 is 0 Å². The van der Waals surface area contributed by atoms with E-state index in [1.165, 1.54) is 46.0 Å². The maximum absolute atomic E-state index is 5.54. The second kappa shape index (κ2) is 7.44. The largest absolute Gasteiger partial charge is 0.381 e. The third-order valence-corrected chi connectivity index (χ3v) is 5.97. The van der Waals surface area contributed by atoms with Crippen molar-refractivity contribution in [2.75, 3.05) is 5.32 Å². The van der Waals surface area contributed by atoms with Crippen molar-refractivity contribution in [2.45, 2.75) is 44.3 Å². The van der Waals surface area contributed by atoms with Crippen LogP contribution in [-0.2, 0) is 19.4 Å². The Morgan fingerprint density at radius 3 is 2.50 bits per heavy atom. The first kappa shape index (κ1) is 17.5. The van der Waals surface area contributed by atoms with Crippen LogP contribution in [0, 0.1) is 0 Å². The van der Waals surface area contributed by atoms with Gasteiger partial charge in [-0.2, -0.15) is 0 Å². The van der Waals surface area contributed by atoms with Gasteiger partial charge in [0.05, 0.1) is 0 Å². The zero-order valence-corrected chi connectivity index (χ0v) is 16.7. The number of anilines is 1. The second-order valence-electron chi connectivity index (χ2n) is 7.94. The molecule has 2 aliphatic carbocycles. The van der Waals surface area contributed by atoms with Gasteiger partial charge in [0.1, 0.15) is 0 Å². The Morgan fingerprint density at radius 1 is 0.857 bits per heavy atom. The summed E-state index contributed by atoms with van der Waals surface area (Å²) in [6, 6.07) is 22.6. The highest BCUT2D eigenvalue weighted by molar-refractivity contribution is 7.80. The quantitative estimate of drug-likeness (QED) is 0.562. The van der Waals surface area contributed by atoms with Crippen molar-refractivity contribution >= 4 is 33.8 Å². The van der Waals surface area contributed by atoms with Crippen molar-refractivity contribution in [3.8, 4) is 0 Å². The molecule has 142 valence electrons. The Labute approximate surface area is 171 Å². The number of rotatable bonds is 5. The molecule has 5 rings (SSSR count). The van der Waals surface area contributed by atoms with Gasteiger partial charge in [0, 0.05) is 24.3 Å². The fourth-order valence-electron chi connectivity index (χ4n) is 4.20. The Hall–Kier alpha value is -2.59. The number of thiocarbonyl (C=S) groups is 1. The third kappa shape index (κ3) is 3.69. The van der Waals surface area contributed by atoms with Gasteiger partial charge in [-0.3, -0.25) is 0 Å². The van der Waals surface area contributed by atoms with E-state index in [1.807, 2.05) is 0 Å². The molecular formula is C24H25N3S. The summed E-state index contributed by atoms with van der Waals surface area (Å²) in [7, 11) is 0. The first-order valence-electron chi connectivity index (χ1n) is 10.1. The van der Waals surface area contributed by atoms with Crippen molar-refractivity contribution in [2.24, 2.45) is 0 Å². The summed E-state index contributed by atoms with van der Waals surface area (Å²) < 4.78 is 0. The molecule has 0 aromatic heterocycles. The van der Waals surface area contributed by atoms with Gasteiger partial charge in [0.2, 0.25) is 0 Å². The molecule has 4 heteroatoms. The average Bonchev–Trinajstić information content (AvgIpc) is 3.52. The Balaban J connectivity index is 1.41. The molecule has 0 heterocycles. The fraction of sp³-hybridized carbons (Fsp3) is 0.292. The van der Waals surface area contributed by atoms with Crippen LogP contribution in [0.4, 0.5) is 5.69 Å². The molecule has 1 saturated carbocycles. The lowest BCUT2D eigenvalue weighted by Gasteiger charge is -2.29. The molecule has 1 unspecified atom stereocenters. The topological polar surface area (TPSA) is 36.1 Å². The lowest BCUT2D eigenvalue weighted by molar-refractivity contribution is 0.586. The molecular weight excluding hydrogens is 362 g/mol. The van der Waals surface area contributed by atoms with E-state index in [0.717, 1.165) is 24.5 Å². The second-order valence-corrected chi connectivity index (χ2v) is 8.35. The number of hydrogen-bond donors (Lipinski definition) is 3. The summed E-state index contributed by atoms with van der Waals surface area (Å²) in [6.45, 7) is 0.835. The van der Waals surface area contributed by atoms with Crippen LogP contribution in [0.5, 0.6) is 0 Å². The monoisotopic (exact) mass is 387 g/mol. The minimum absolute atomic E-state index is 0.330. The summed E-state index contributed by atoms with van der Waals surface area (Å²) >= 11 is 5.54. The SMILES string of the molecule is S=C(NC1CC1)NC1Cc2cccc3ccc(NCc4ccccc4)c(c23)C1. The van der Waals surface area contributed by atoms with Crippen LogP contribution in [0.3, 0.4) is 0 Å². The molecule has 0 saturated heterocycles. The minimum atomic E-state index is 0.330. The molecule has 1 fully saturated rings. The Bertz CT molecular complexity index is 1010. The van der Waals surface area contributed by atoms with Crippen molar-refractivity contribution in [3.63, 3.8) is 0 Å². The summed E-state index contributed by atoms with van der Waals surface area (Å²) in [4.78, 5) is 0. The van der Waals surface area contributed by atoms with E-state index in [4.69, 9.17) is 12.2 Å². The molecule has 0 spiro atoms. The summed E-state index contributed by atoms with van der Waals surface area (Å²) in [6.07, 6.45) is 4.47. The number of nitrogens with one attached hydrogen (secondary N) is 3. The zero-order chi connectivity index (χ0) is 18.9. The molecule has 3 nitrogen and oxygen atoms in total. The molecule has 3 N–H and O–H groups in total. The molecule has 3 aromatic carbocycles. The zero-order valence-electron chi connectivity index (χ0n) is 15.9. The summed E-state index contributed by atoms with van der Waals surface area (Å²) in [5, 5.41) is 14.2. The van der Waals surface area contributed by atoms with E-state index in [0.29, 0.717) is 12.1 Å². The van der Waals surface area contributed by atoms with Crippen molar-refractivity contribution in [1.29, 1.82) is 0 Å². The van der Waals surface area contributed by atoms with E-state index in [1.54, 1.807) is 0 Å². The van der Waals surface area contributed by atoms with Crippen LogP contribution in [0.2, 0.25) is 0 Å². The lowest BCUT2D eigenvalue weighted by atomic mass is 9.84.